The fourth-order valence-corrected chi connectivity index (χ4v) is 0.817. The average Bonchev–Trinajstić information content (AvgIpc) is 2.49. The van der Waals surface area contributed by atoms with Crippen LogP contribution in [0.1, 0.15) is 24.5 Å². The van der Waals surface area contributed by atoms with Crippen LogP contribution in [0.15, 0.2) is 16.7 Å². The maximum atomic E-state index is 5.10. The molecule has 0 N–H and O–H groups in total. The fraction of sp³-hybridized carbons (Fsp3) is 0.429. The van der Waals surface area contributed by atoms with E-state index >= 15 is 0 Å². The lowest BCUT2D eigenvalue weighted by atomic mass is 10.3. The topological polar surface area (TPSA) is 13.1 Å². The van der Waals surface area contributed by atoms with Gasteiger partial charge in [0.1, 0.15) is 5.76 Å². The molecule has 8 heavy (non-hydrogen) atoms. The normalized spacial score (nSPS) is 19.0. The van der Waals surface area contributed by atoms with Gasteiger partial charge in [0.25, 0.3) is 0 Å². The summed E-state index contributed by atoms with van der Waals surface area (Å²) in [5, 5.41) is 0. The Bertz CT molecular complexity index is 161. The SMILES string of the molecule is [c]1ccoc1C1CC1. The van der Waals surface area contributed by atoms with Crippen molar-refractivity contribution in [3.63, 3.8) is 0 Å². The van der Waals surface area contributed by atoms with Gasteiger partial charge < -0.3 is 4.42 Å². The minimum Gasteiger partial charge on any atom is -0.468 e. The zero-order valence-corrected chi connectivity index (χ0v) is 4.55. The van der Waals surface area contributed by atoms with Gasteiger partial charge in [-0.05, 0) is 18.9 Å². The summed E-state index contributed by atoms with van der Waals surface area (Å²) in [6, 6.07) is 4.86. The van der Waals surface area contributed by atoms with Gasteiger partial charge in [-0.25, -0.2) is 0 Å². The first-order chi connectivity index (χ1) is 3.97. The quantitative estimate of drug-likeness (QED) is 0.534. The van der Waals surface area contributed by atoms with E-state index in [0.29, 0.717) is 5.92 Å². The van der Waals surface area contributed by atoms with E-state index in [4.69, 9.17) is 4.42 Å². The van der Waals surface area contributed by atoms with Gasteiger partial charge in [-0.1, -0.05) is 0 Å². The molecule has 41 valence electrons. The molecule has 0 amide bonds. The predicted molar refractivity (Wildman–Crippen MR) is 29.5 cm³/mol. The highest BCUT2D eigenvalue weighted by atomic mass is 16.3. The molecular weight excluding hydrogens is 100 g/mol. The van der Waals surface area contributed by atoms with Gasteiger partial charge >= 0.3 is 0 Å². The Morgan fingerprint density at radius 3 is 3.00 bits per heavy atom. The van der Waals surface area contributed by atoms with E-state index in [9.17, 15) is 0 Å². The van der Waals surface area contributed by atoms with E-state index in [-0.39, 0.29) is 0 Å². The fourth-order valence-electron chi connectivity index (χ4n) is 0.817. The van der Waals surface area contributed by atoms with Crippen molar-refractivity contribution in [3.8, 4) is 0 Å². The Labute approximate surface area is 48.3 Å². The number of hydrogen-bond acceptors (Lipinski definition) is 1. The Kier molecular flexibility index (Phi) is 0.720. The molecule has 1 fully saturated rings. The Morgan fingerprint density at radius 2 is 2.50 bits per heavy atom. The highest BCUT2D eigenvalue weighted by Crippen LogP contribution is 2.39. The molecule has 1 saturated carbocycles. The first kappa shape index (κ1) is 4.19. The zero-order chi connectivity index (χ0) is 5.40. The lowest BCUT2D eigenvalue weighted by Crippen LogP contribution is -1.67. The van der Waals surface area contributed by atoms with Crippen molar-refractivity contribution in [2.45, 2.75) is 18.8 Å². The summed E-state index contributed by atoms with van der Waals surface area (Å²) in [5.41, 5.74) is 0. The van der Waals surface area contributed by atoms with Crippen molar-refractivity contribution >= 4 is 0 Å². The molecular formula is C7H7O. The molecule has 1 heterocycles. The van der Waals surface area contributed by atoms with Crippen LogP contribution in [0.5, 0.6) is 0 Å². The van der Waals surface area contributed by atoms with Gasteiger partial charge in [0.05, 0.1) is 6.26 Å². The molecule has 1 aromatic rings. The van der Waals surface area contributed by atoms with Gasteiger partial charge in [0, 0.05) is 12.0 Å². The third kappa shape index (κ3) is 0.548. The highest BCUT2D eigenvalue weighted by Gasteiger charge is 2.25. The molecule has 1 aliphatic rings. The lowest BCUT2D eigenvalue weighted by molar-refractivity contribution is 0.511. The minimum absolute atomic E-state index is 0.713. The highest BCUT2D eigenvalue weighted by molar-refractivity contribution is 5.09. The average molecular weight is 107 g/mol. The predicted octanol–water partition coefficient (Wildman–Crippen LogP) is 1.96. The zero-order valence-electron chi connectivity index (χ0n) is 4.55. The molecule has 1 nitrogen and oxygen atoms in total. The van der Waals surface area contributed by atoms with E-state index in [0.717, 1.165) is 5.76 Å². The van der Waals surface area contributed by atoms with Crippen LogP contribution in [0, 0.1) is 6.07 Å². The summed E-state index contributed by atoms with van der Waals surface area (Å²) < 4.78 is 5.10. The maximum absolute atomic E-state index is 5.10. The van der Waals surface area contributed by atoms with Crippen LogP contribution in [0.4, 0.5) is 0 Å². The standard InChI is InChI=1S/C7H7O/c1-2-7(8-5-1)6-3-4-6/h1,5-6H,3-4H2. The molecule has 0 saturated heterocycles. The lowest BCUT2D eigenvalue weighted by Gasteiger charge is -1.82. The van der Waals surface area contributed by atoms with Crippen molar-refractivity contribution < 1.29 is 4.42 Å². The summed E-state index contributed by atoms with van der Waals surface area (Å²) in [6.07, 6.45) is 4.28. The largest absolute Gasteiger partial charge is 0.468 e. The van der Waals surface area contributed by atoms with E-state index in [2.05, 4.69) is 6.07 Å². The van der Waals surface area contributed by atoms with Crippen LogP contribution >= 0.6 is 0 Å². The van der Waals surface area contributed by atoms with Crippen LogP contribution in [-0.4, -0.2) is 0 Å². The molecule has 0 aromatic carbocycles. The molecule has 1 radical (unpaired) electrons. The maximum Gasteiger partial charge on any atom is 0.114 e. The van der Waals surface area contributed by atoms with Gasteiger partial charge in [-0.2, -0.15) is 0 Å². The Morgan fingerprint density at radius 1 is 1.62 bits per heavy atom. The van der Waals surface area contributed by atoms with Crippen LogP contribution in [0.25, 0.3) is 0 Å². The molecule has 0 unspecified atom stereocenters. The van der Waals surface area contributed by atoms with Crippen LogP contribution in [0.2, 0.25) is 0 Å². The third-order valence-electron chi connectivity index (χ3n) is 1.44. The van der Waals surface area contributed by atoms with Gasteiger partial charge in [-0.15, -0.1) is 0 Å². The Hall–Kier alpha value is -0.720. The second kappa shape index (κ2) is 1.38. The van der Waals surface area contributed by atoms with Crippen LogP contribution < -0.4 is 0 Å². The molecule has 0 aliphatic heterocycles. The number of hydrogen-bond donors (Lipinski definition) is 0. The summed E-state index contributed by atoms with van der Waals surface area (Å²) in [6.45, 7) is 0. The van der Waals surface area contributed by atoms with Gasteiger partial charge in [0.2, 0.25) is 0 Å². The van der Waals surface area contributed by atoms with Crippen LogP contribution in [-0.2, 0) is 0 Å². The van der Waals surface area contributed by atoms with Gasteiger partial charge in [-0.3, -0.25) is 0 Å². The van der Waals surface area contributed by atoms with Crippen molar-refractivity contribution in [3.05, 3.63) is 24.2 Å². The number of furan rings is 1. The molecule has 1 aromatic heterocycles. The second-order valence-electron chi connectivity index (χ2n) is 2.20. The minimum atomic E-state index is 0.713. The number of rotatable bonds is 1. The van der Waals surface area contributed by atoms with Crippen molar-refractivity contribution in [1.82, 2.24) is 0 Å². The molecule has 0 bridgehead atoms. The van der Waals surface area contributed by atoms with E-state index in [1.165, 1.54) is 12.8 Å². The Balaban J connectivity index is 2.28. The van der Waals surface area contributed by atoms with E-state index < -0.39 is 0 Å². The van der Waals surface area contributed by atoms with Gasteiger partial charge in [0.15, 0.2) is 0 Å². The van der Waals surface area contributed by atoms with E-state index in [1.807, 2.05) is 6.07 Å². The van der Waals surface area contributed by atoms with Crippen molar-refractivity contribution in [1.29, 1.82) is 0 Å². The molecule has 0 spiro atoms. The first-order valence-electron chi connectivity index (χ1n) is 2.92. The monoisotopic (exact) mass is 107 g/mol. The molecule has 0 atom stereocenters. The summed E-state index contributed by atoms with van der Waals surface area (Å²) in [5.74, 6) is 1.76. The summed E-state index contributed by atoms with van der Waals surface area (Å²) >= 11 is 0. The van der Waals surface area contributed by atoms with Crippen molar-refractivity contribution in [2.24, 2.45) is 0 Å². The van der Waals surface area contributed by atoms with Crippen molar-refractivity contribution in [2.75, 3.05) is 0 Å². The molecule has 1 heteroatoms. The summed E-state index contributed by atoms with van der Waals surface area (Å²) in [4.78, 5) is 0. The van der Waals surface area contributed by atoms with E-state index in [1.54, 1.807) is 6.26 Å². The third-order valence-corrected chi connectivity index (χ3v) is 1.44. The molecule has 1 aliphatic carbocycles. The second-order valence-corrected chi connectivity index (χ2v) is 2.20. The smallest absolute Gasteiger partial charge is 0.114 e. The molecule has 2 rings (SSSR count). The first-order valence-corrected chi connectivity index (χ1v) is 2.92. The summed E-state index contributed by atoms with van der Waals surface area (Å²) in [7, 11) is 0. The van der Waals surface area contributed by atoms with Crippen LogP contribution in [0.3, 0.4) is 0 Å².